The molecule has 0 aliphatic heterocycles. The zero-order chi connectivity index (χ0) is 27.3. The van der Waals surface area contributed by atoms with Crippen LogP contribution in [0.2, 0.25) is 0 Å². The monoisotopic (exact) mass is 540 g/mol. The summed E-state index contributed by atoms with van der Waals surface area (Å²) < 4.78 is 90.6. The third-order valence-corrected chi connectivity index (χ3v) is 8.23. The van der Waals surface area contributed by atoms with Crippen molar-refractivity contribution in [2.45, 2.75) is 83.2 Å². The predicted molar refractivity (Wildman–Crippen MR) is 133 cm³/mol. The molecule has 0 heterocycles. The van der Waals surface area contributed by atoms with Crippen LogP contribution in [0.1, 0.15) is 88.2 Å². The van der Waals surface area contributed by atoms with E-state index in [-0.39, 0.29) is 6.26 Å². The lowest BCUT2D eigenvalue weighted by atomic mass is 9.68. The summed E-state index contributed by atoms with van der Waals surface area (Å²) in [5.41, 5.74) is 0.545. The first kappa shape index (κ1) is 28.4. The van der Waals surface area contributed by atoms with E-state index in [1.807, 2.05) is 0 Å². The fourth-order valence-corrected chi connectivity index (χ4v) is 6.25. The molecule has 8 heteroatoms. The topological polar surface area (TPSA) is 18.5 Å². The van der Waals surface area contributed by atoms with Crippen molar-refractivity contribution >= 4 is 0 Å². The molecule has 208 valence electrons. The molecule has 2 aromatic rings. The van der Waals surface area contributed by atoms with E-state index in [1.165, 1.54) is 63.5 Å². The lowest BCUT2D eigenvalue weighted by molar-refractivity contribution is -0.185. The zero-order valence-corrected chi connectivity index (χ0v) is 21.5. The Kier molecular flexibility index (Phi) is 9.32. The van der Waals surface area contributed by atoms with E-state index >= 15 is 0 Å². The molecule has 0 radical (unpaired) electrons. The Bertz CT molecular complexity index is 1060. The maximum Gasteiger partial charge on any atom is 0.426 e. The van der Waals surface area contributed by atoms with Gasteiger partial charge in [-0.2, -0.15) is 17.6 Å². The Hall–Kier alpha value is -2.64. The molecular weight excluding hydrogens is 506 g/mol. The van der Waals surface area contributed by atoms with Gasteiger partial charge in [-0.15, -0.1) is 0 Å². The Balaban J connectivity index is 1.33. The summed E-state index contributed by atoms with van der Waals surface area (Å²) in [7, 11) is 0. The van der Waals surface area contributed by atoms with E-state index in [0.717, 1.165) is 36.2 Å². The van der Waals surface area contributed by atoms with Crippen molar-refractivity contribution in [1.29, 1.82) is 0 Å². The molecule has 2 saturated carbocycles. The van der Waals surface area contributed by atoms with Crippen LogP contribution in [-0.4, -0.2) is 0 Å². The highest BCUT2D eigenvalue weighted by molar-refractivity contribution is 5.36. The molecule has 0 aromatic heterocycles. The number of benzene rings is 2. The average molecular weight is 541 g/mol. The van der Waals surface area contributed by atoms with Gasteiger partial charge >= 0.3 is 12.2 Å². The molecule has 0 unspecified atom stereocenters. The number of alkyl halides is 2. The lowest BCUT2D eigenvalue weighted by Crippen LogP contribution is -2.25. The Labute approximate surface area is 220 Å². The van der Waals surface area contributed by atoms with Gasteiger partial charge in [0.2, 0.25) is 0 Å². The predicted octanol–water partition coefficient (Wildman–Crippen LogP) is 10.1. The lowest BCUT2D eigenvalue weighted by Gasteiger charge is -2.38. The molecule has 0 saturated heterocycles. The van der Waals surface area contributed by atoms with Crippen LogP contribution in [0, 0.1) is 29.4 Å². The first-order valence-corrected chi connectivity index (χ1v) is 13.5. The summed E-state index contributed by atoms with van der Waals surface area (Å²) >= 11 is 0. The first-order chi connectivity index (χ1) is 18.2. The fourth-order valence-electron chi connectivity index (χ4n) is 6.25. The van der Waals surface area contributed by atoms with Gasteiger partial charge in [-0.25, -0.2) is 8.78 Å². The smallest absolute Gasteiger partial charge is 0.426 e. The standard InChI is InChI=1S/C30H34F6O2/c1-2-3-19-4-6-20(7-5-19)21-8-10-22(11-9-21)23-12-14-24(15-13-23)30(35,36)38-25-16-26(31)29(27(32)17-25)37-18-28(33)34/h12-22H,2-11H2,1H3. The van der Waals surface area contributed by atoms with Crippen molar-refractivity contribution in [1.82, 2.24) is 0 Å². The van der Waals surface area contributed by atoms with Crippen molar-refractivity contribution in [2.24, 2.45) is 17.8 Å². The summed E-state index contributed by atoms with van der Waals surface area (Å²) in [6, 6.07) is 6.80. The maximum atomic E-state index is 14.8. The number of ether oxygens (including phenoxy) is 2. The van der Waals surface area contributed by atoms with Crippen LogP contribution in [0.4, 0.5) is 26.3 Å². The summed E-state index contributed by atoms with van der Waals surface area (Å²) in [5.74, 6) is -2.04. The SMILES string of the molecule is CCCC1CCC(C2CCC(c3ccc(C(F)(F)Oc4cc(F)c(OC=C(F)F)c(F)c4)cc3)CC2)CC1. The first-order valence-electron chi connectivity index (χ1n) is 13.5. The summed E-state index contributed by atoms with van der Waals surface area (Å²) in [6.07, 6.45) is 6.07. The highest BCUT2D eigenvalue weighted by Crippen LogP contribution is 2.45. The van der Waals surface area contributed by atoms with Crippen LogP contribution < -0.4 is 9.47 Å². The van der Waals surface area contributed by atoms with Crippen LogP contribution in [-0.2, 0) is 6.11 Å². The van der Waals surface area contributed by atoms with E-state index in [1.54, 1.807) is 12.1 Å². The molecule has 38 heavy (non-hydrogen) atoms. The summed E-state index contributed by atoms with van der Waals surface area (Å²) in [5, 5.41) is 0. The summed E-state index contributed by atoms with van der Waals surface area (Å²) in [4.78, 5) is 0. The van der Waals surface area contributed by atoms with Gasteiger partial charge in [0.1, 0.15) is 5.75 Å². The third-order valence-electron chi connectivity index (χ3n) is 8.23. The minimum absolute atomic E-state index is 0.150. The van der Waals surface area contributed by atoms with Crippen molar-refractivity contribution in [3.05, 3.63) is 71.5 Å². The van der Waals surface area contributed by atoms with Crippen molar-refractivity contribution in [3.8, 4) is 11.5 Å². The highest BCUT2D eigenvalue weighted by Gasteiger charge is 2.36. The van der Waals surface area contributed by atoms with Crippen molar-refractivity contribution < 1.29 is 35.8 Å². The van der Waals surface area contributed by atoms with Crippen LogP contribution in [0.5, 0.6) is 11.5 Å². The van der Waals surface area contributed by atoms with Crippen molar-refractivity contribution in [2.75, 3.05) is 0 Å². The van der Waals surface area contributed by atoms with Gasteiger partial charge in [0, 0.05) is 12.1 Å². The third kappa shape index (κ3) is 7.06. The van der Waals surface area contributed by atoms with Gasteiger partial charge in [-0.05, 0) is 79.9 Å². The van der Waals surface area contributed by atoms with Gasteiger partial charge in [0.05, 0.1) is 5.56 Å². The molecule has 2 aliphatic carbocycles. The molecule has 2 aromatic carbocycles. The molecule has 0 spiro atoms. The molecule has 0 amide bonds. The van der Waals surface area contributed by atoms with Crippen LogP contribution in [0.25, 0.3) is 0 Å². The second kappa shape index (κ2) is 12.5. The van der Waals surface area contributed by atoms with Gasteiger partial charge in [0.15, 0.2) is 23.6 Å². The van der Waals surface area contributed by atoms with Gasteiger partial charge in [-0.1, -0.05) is 44.7 Å². The molecule has 0 atom stereocenters. The van der Waals surface area contributed by atoms with E-state index in [0.29, 0.717) is 18.1 Å². The largest absolute Gasteiger partial charge is 0.453 e. The summed E-state index contributed by atoms with van der Waals surface area (Å²) in [6.45, 7) is 2.26. The normalized spacial score (nSPS) is 24.1. The zero-order valence-electron chi connectivity index (χ0n) is 21.5. The number of hydrogen-bond donors (Lipinski definition) is 0. The molecule has 2 aliphatic rings. The van der Waals surface area contributed by atoms with Gasteiger partial charge < -0.3 is 9.47 Å². The molecule has 2 fully saturated rings. The number of halogens is 6. The van der Waals surface area contributed by atoms with Gasteiger partial charge in [0.25, 0.3) is 0 Å². The Morgan fingerprint density at radius 2 is 1.42 bits per heavy atom. The molecule has 4 rings (SSSR count). The van der Waals surface area contributed by atoms with Crippen LogP contribution >= 0.6 is 0 Å². The number of hydrogen-bond acceptors (Lipinski definition) is 2. The molecule has 0 bridgehead atoms. The Morgan fingerprint density at radius 3 is 1.95 bits per heavy atom. The Morgan fingerprint density at radius 1 is 0.868 bits per heavy atom. The van der Waals surface area contributed by atoms with Crippen LogP contribution in [0.3, 0.4) is 0 Å². The van der Waals surface area contributed by atoms with Crippen LogP contribution in [0.15, 0.2) is 48.7 Å². The highest BCUT2D eigenvalue weighted by atomic mass is 19.3. The minimum Gasteiger partial charge on any atom is -0.453 e. The van der Waals surface area contributed by atoms with E-state index in [4.69, 9.17) is 0 Å². The van der Waals surface area contributed by atoms with E-state index in [2.05, 4.69) is 16.4 Å². The maximum absolute atomic E-state index is 14.8. The van der Waals surface area contributed by atoms with E-state index in [9.17, 15) is 26.3 Å². The number of rotatable bonds is 9. The second-order valence-corrected chi connectivity index (χ2v) is 10.7. The quantitative estimate of drug-likeness (QED) is 0.233. The van der Waals surface area contributed by atoms with E-state index < -0.39 is 40.9 Å². The van der Waals surface area contributed by atoms with Gasteiger partial charge in [-0.3, -0.25) is 0 Å². The second-order valence-electron chi connectivity index (χ2n) is 10.7. The fraction of sp³-hybridized carbons (Fsp3) is 0.533. The molecule has 2 nitrogen and oxygen atoms in total. The average Bonchev–Trinajstić information content (AvgIpc) is 2.89. The minimum atomic E-state index is -3.86. The van der Waals surface area contributed by atoms with Crippen molar-refractivity contribution in [3.63, 3.8) is 0 Å². The molecule has 0 N–H and O–H groups in total. The molecular formula is C30H34F6O2.